The van der Waals surface area contributed by atoms with Crippen molar-refractivity contribution in [1.29, 1.82) is 0 Å². The molecular weight excluding hydrogens is 1030 g/mol. The SMILES string of the molecule is CN(C)c1cccc2c(S(=O)(=O)Cl)cccc12.O=S(=O)(O)c1cc(N=C=S)ccc1C=Cc1ccc(N=C=S)cc1S(=O)(=O)O.O=S(=O)(O)c1ccccc1C=Cc1ccccc1S(=O)(=O)O. The molecule has 350 valence electrons. The zero-order chi connectivity index (χ0) is 50.0. The van der Waals surface area contributed by atoms with Crippen molar-refractivity contribution < 1.29 is 60.3 Å². The van der Waals surface area contributed by atoms with Gasteiger partial charge in [-0.2, -0.15) is 43.7 Å². The largest absolute Gasteiger partial charge is 0.377 e. The number of anilines is 1. The van der Waals surface area contributed by atoms with Crippen LogP contribution >= 0.6 is 35.1 Å². The highest BCUT2D eigenvalue weighted by atomic mass is 35.7. The molecule has 6 rings (SSSR count). The highest BCUT2D eigenvalue weighted by Crippen LogP contribution is 2.32. The van der Waals surface area contributed by atoms with Crippen LogP contribution in [0.5, 0.6) is 0 Å². The van der Waals surface area contributed by atoms with Gasteiger partial charge in [0.1, 0.15) is 19.6 Å². The average Bonchev–Trinajstić information content (AvgIpc) is 3.24. The maximum atomic E-state index is 11.6. The molecular formula is C42H34ClN3O14S7. The van der Waals surface area contributed by atoms with Gasteiger partial charge in [0.2, 0.25) is 0 Å². The number of isothiocyanates is 2. The minimum Gasteiger partial charge on any atom is -0.377 e. The Kier molecular flexibility index (Phi) is 18.1. The Morgan fingerprint density at radius 3 is 1.16 bits per heavy atom. The molecule has 0 aliphatic carbocycles. The van der Waals surface area contributed by atoms with Gasteiger partial charge in [-0.15, -0.1) is 0 Å². The highest BCUT2D eigenvalue weighted by Gasteiger charge is 2.19. The molecule has 67 heavy (non-hydrogen) atoms. The summed E-state index contributed by atoms with van der Waals surface area (Å²) in [5, 5.41) is 5.68. The Morgan fingerprint density at radius 1 is 0.463 bits per heavy atom. The second kappa shape index (κ2) is 22.4. The van der Waals surface area contributed by atoms with E-state index >= 15 is 0 Å². The van der Waals surface area contributed by atoms with E-state index in [0.717, 1.165) is 23.2 Å². The van der Waals surface area contributed by atoms with Crippen LogP contribution in [0.25, 0.3) is 35.1 Å². The van der Waals surface area contributed by atoms with Gasteiger partial charge >= 0.3 is 0 Å². The number of aliphatic imine (C=N–C) groups is 2. The van der Waals surface area contributed by atoms with E-state index in [1.54, 1.807) is 24.3 Å². The summed E-state index contributed by atoms with van der Waals surface area (Å²) < 4.78 is 152. The van der Waals surface area contributed by atoms with Gasteiger partial charge in [-0.3, -0.25) is 18.2 Å². The molecule has 25 heteroatoms. The molecule has 17 nitrogen and oxygen atoms in total. The molecule has 0 atom stereocenters. The van der Waals surface area contributed by atoms with E-state index in [9.17, 15) is 51.2 Å². The molecule has 6 aromatic carbocycles. The lowest BCUT2D eigenvalue weighted by Gasteiger charge is -2.16. The Morgan fingerprint density at radius 2 is 0.806 bits per heavy atom. The molecule has 0 radical (unpaired) electrons. The monoisotopic (exact) mass is 1060 g/mol. The molecule has 0 unspecified atom stereocenters. The van der Waals surface area contributed by atoms with Crippen LogP contribution < -0.4 is 4.90 Å². The van der Waals surface area contributed by atoms with Crippen LogP contribution in [0, 0.1) is 0 Å². The van der Waals surface area contributed by atoms with Crippen LogP contribution in [0.3, 0.4) is 0 Å². The lowest BCUT2D eigenvalue weighted by molar-refractivity contribution is 0.480. The predicted octanol–water partition coefficient (Wildman–Crippen LogP) is 9.00. The fourth-order valence-corrected chi connectivity index (χ4v) is 10.0. The van der Waals surface area contributed by atoms with Crippen molar-refractivity contribution >= 4 is 147 Å². The predicted molar refractivity (Wildman–Crippen MR) is 264 cm³/mol. The van der Waals surface area contributed by atoms with E-state index in [0.29, 0.717) is 5.39 Å². The molecule has 4 N–H and O–H groups in total. The molecule has 0 bridgehead atoms. The molecule has 0 aliphatic heterocycles. The average molecular weight is 1060 g/mol. The molecule has 0 saturated heterocycles. The zero-order valence-corrected chi connectivity index (χ0v) is 40.8. The Labute approximate surface area is 401 Å². The lowest BCUT2D eigenvalue weighted by Crippen LogP contribution is -2.09. The van der Waals surface area contributed by atoms with E-state index in [1.807, 2.05) is 37.2 Å². The molecule has 0 aliphatic rings. The number of halogens is 1. The number of hydrogen-bond donors (Lipinski definition) is 4. The number of hydrogen-bond acceptors (Lipinski definition) is 15. The summed E-state index contributed by atoms with van der Waals surface area (Å²) in [6, 6.07) is 29.7. The van der Waals surface area contributed by atoms with Gasteiger partial charge in [0.25, 0.3) is 49.5 Å². The number of thiocarbonyl (C=S) groups is 2. The lowest BCUT2D eigenvalue weighted by atomic mass is 10.1. The number of nitrogens with zero attached hydrogens (tertiary/aromatic N) is 3. The van der Waals surface area contributed by atoms with Crippen molar-refractivity contribution in [3.8, 4) is 0 Å². The van der Waals surface area contributed by atoms with Crippen LogP contribution in [0.1, 0.15) is 22.3 Å². The van der Waals surface area contributed by atoms with Crippen LogP contribution in [0.15, 0.2) is 156 Å². The fraction of sp³-hybridized carbons (Fsp3) is 0.0476. The number of rotatable bonds is 12. The van der Waals surface area contributed by atoms with Crippen molar-refractivity contribution in [2.75, 3.05) is 19.0 Å². The van der Waals surface area contributed by atoms with Crippen LogP contribution in [-0.4, -0.2) is 84.7 Å². The standard InChI is InChI=1S/C16H10N2O6S4.C14H12O6S2.C12H12ClNO2S/c19-27(20,21)15-7-13(17-9-25)5-3-11(15)1-2-12-4-6-14(18-10-26)8-16(12)28(22,23)24;15-21(16,17)13-7-3-1-5-11(13)9-10-12-6-2-4-8-14(12)22(18,19)20;1-14(2)11-7-3-6-10-9(11)5-4-8-12(10)17(13,15)16/h1-8H,(H,19,20,21)(H,22,23,24);1-10H,(H,15,16,17)(H,18,19,20);3-8H,1-2H3. The summed E-state index contributed by atoms with van der Waals surface area (Å²) in [5.41, 5.74) is 1.75. The number of benzene rings is 6. The fourth-order valence-electron chi connectivity index (χ4n) is 5.95. The molecule has 0 fully saturated rings. The van der Waals surface area contributed by atoms with Crippen LogP contribution in [0.2, 0.25) is 0 Å². The van der Waals surface area contributed by atoms with E-state index < -0.39 is 59.3 Å². The van der Waals surface area contributed by atoms with Gasteiger partial charge < -0.3 is 4.90 Å². The summed E-state index contributed by atoms with van der Waals surface area (Å²) in [4.78, 5) is 7.85. The van der Waals surface area contributed by atoms with Gasteiger partial charge in [-0.1, -0.05) is 97.1 Å². The van der Waals surface area contributed by atoms with Gasteiger partial charge in [-0.05, 0) is 95.2 Å². The first-order valence-corrected chi connectivity index (χ1v) is 27.1. The van der Waals surface area contributed by atoms with E-state index in [-0.39, 0.29) is 48.3 Å². The molecule has 0 saturated carbocycles. The van der Waals surface area contributed by atoms with Crippen molar-refractivity contribution in [2.45, 2.75) is 24.5 Å². The first-order chi connectivity index (χ1) is 31.2. The Hall–Kier alpha value is -5.66. The smallest absolute Gasteiger partial charge is 0.295 e. The van der Waals surface area contributed by atoms with E-state index in [2.05, 4.69) is 44.7 Å². The topological polar surface area (TPSA) is 280 Å². The Bertz CT molecular complexity index is 3430. The van der Waals surface area contributed by atoms with E-state index in [4.69, 9.17) is 19.8 Å². The van der Waals surface area contributed by atoms with Gasteiger partial charge in [0, 0.05) is 41.2 Å². The number of fused-ring (bicyclic) bond motifs is 1. The zero-order valence-electron chi connectivity index (χ0n) is 34.3. The van der Waals surface area contributed by atoms with Gasteiger partial charge in [0.05, 0.1) is 26.6 Å². The molecule has 0 spiro atoms. The highest BCUT2D eigenvalue weighted by molar-refractivity contribution is 8.14. The maximum Gasteiger partial charge on any atom is 0.295 e. The summed E-state index contributed by atoms with van der Waals surface area (Å²) >= 11 is 8.91. The van der Waals surface area contributed by atoms with Crippen molar-refractivity contribution in [1.82, 2.24) is 0 Å². The third-order valence-corrected chi connectivity index (χ3v) is 14.0. The third-order valence-electron chi connectivity index (χ3n) is 8.78. The van der Waals surface area contributed by atoms with E-state index in [1.165, 1.54) is 91.0 Å². The second-order valence-electron chi connectivity index (χ2n) is 13.5. The Balaban J connectivity index is 0.000000226. The molecule has 0 aromatic heterocycles. The molecule has 6 aromatic rings. The first-order valence-electron chi connectivity index (χ1n) is 18.2. The van der Waals surface area contributed by atoms with Gasteiger partial charge in [-0.25, -0.2) is 8.42 Å². The molecule has 0 heterocycles. The minimum absolute atomic E-state index is 0.0492. The van der Waals surface area contributed by atoms with Crippen molar-refractivity contribution in [2.24, 2.45) is 9.98 Å². The van der Waals surface area contributed by atoms with Crippen LogP contribution in [0.4, 0.5) is 17.1 Å². The minimum atomic E-state index is -4.61. The van der Waals surface area contributed by atoms with Gasteiger partial charge in [0.15, 0.2) is 0 Å². The van der Waals surface area contributed by atoms with Crippen molar-refractivity contribution in [3.05, 3.63) is 144 Å². The van der Waals surface area contributed by atoms with Crippen molar-refractivity contribution in [3.63, 3.8) is 0 Å². The maximum absolute atomic E-state index is 11.6. The second-order valence-corrected chi connectivity index (χ2v) is 21.9. The van der Waals surface area contributed by atoms with Crippen LogP contribution in [-0.2, 0) is 49.5 Å². The summed E-state index contributed by atoms with van der Waals surface area (Å²) in [5.74, 6) is 0. The molecule has 0 amide bonds. The summed E-state index contributed by atoms with van der Waals surface area (Å²) in [6.45, 7) is 0. The summed E-state index contributed by atoms with van der Waals surface area (Å²) in [6.07, 6.45) is 5.18. The quantitative estimate of drug-likeness (QED) is 0.0292. The summed E-state index contributed by atoms with van der Waals surface area (Å²) in [7, 11) is -12.5. The normalized spacial score (nSPS) is 12.0. The third kappa shape index (κ3) is 15.2. The first kappa shape index (κ1) is 54.0.